The van der Waals surface area contributed by atoms with Gasteiger partial charge in [0.05, 0.1) is 18.5 Å². The average molecular weight is 338 g/mol. The van der Waals surface area contributed by atoms with Crippen LogP contribution in [-0.4, -0.2) is 22.7 Å². The van der Waals surface area contributed by atoms with Gasteiger partial charge in [-0.25, -0.2) is 4.98 Å². The highest BCUT2D eigenvalue weighted by Crippen LogP contribution is 2.18. The summed E-state index contributed by atoms with van der Waals surface area (Å²) in [5.41, 5.74) is 1.71. The lowest BCUT2D eigenvalue weighted by Gasteiger charge is -2.07. The van der Waals surface area contributed by atoms with Crippen molar-refractivity contribution in [2.45, 2.75) is 13.8 Å². The molecule has 0 aliphatic rings. The Balaban J connectivity index is 1.62. The minimum atomic E-state index is -0.284. The van der Waals surface area contributed by atoms with Crippen molar-refractivity contribution in [1.29, 1.82) is 0 Å². The van der Waals surface area contributed by atoms with Crippen LogP contribution in [0, 0.1) is 6.92 Å². The maximum Gasteiger partial charge on any atom is 0.274 e. The number of aryl methyl sites for hydroxylation is 1. The zero-order valence-corrected chi connectivity index (χ0v) is 13.9. The van der Waals surface area contributed by atoms with Crippen molar-refractivity contribution >= 4 is 23.1 Å². The third kappa shape index (κ3) is 4.35. The normalized spacial score (nSPS) is 10.3. The van der Waals surface area contributed by atoms with Crippen molar-refractivity contribution < 1.29 is 14.1 Å². The molecule has 1 amide bonds. The Hall–Kier alpha value is -3.35. The summed E-state index contributed by atoms with van der Waals surface area (Å²) >= 11 is 0. The fraction of sp³-hybridized carbons (Fsp3) is 0.167. The highest BCUT2D eigenvalue weighted by atomic mass is 16.5. The first-order valence-electron chi connectivity index (χ1n) is 7.84. The number of aromatic nitrogens is 2. The van der Waals surface area contributed by atoms with E-state index in [1.54, 1.807) is 48.7 Å². The van der Waals surface area contributed by atoms with E-state index in [-0.39, 0.29) is 5.91 Å². The fourth-order valence-corrected chi connectivity index (χ4v) is 2.17. The summed E-state index contributed by atoms with van der Waals surface area (Å²) in [5.74, 6) is 1.78. The van der Waals surface area contributed by atoms with Crippen molar-refractivity contribution in [3.8, 4) is 5.75 Å². The van der Waals surface area contributed by atoms with E-state index in [4.69, 9.17) is 9.26 Å². The number of nitrogens with zero attached hydrogens (tertiary/aromatic N) is 2. The predicted octanol–water partition coefficient (Wildman–Crippen LogP) is 3.77. The first kappa shape index (κ1) is 16.5. The summed E-state index contributed by atoms with van der Waals surface area (Å²) < 4.78 is 10.4. The Bertz CT molecular complexity index is 842. The molecule has 7 heteroatoms. The molecule has 128 valence electrons. The number of carbonyl (C=O) groups excluding carboxylic acids is 1. The molecule has 0 bridgehead atoms. The minimum Gasteiger partial charge on any atom is -0.494 e. The van der Waals surface area contributed by atoms with E-state index in [9.17, 15) is 4.79 Å². The van der Waals surface area contributed by atoms with Crippen LogP contribution in [-0.2, 0) is 0 Å². The van der Waals surface area contributed by atoms with Crippen molar-refractivity contribution in [3.63, 3.8) is 0 Å². The molecule has 2 aromatic heterocycles. The van der Waals surface area contributed by atoms with Gasteiger partial charge in [-0.1, -0.05) is 5.16 Å². The predicted molar refractivity (Wildman–Crippen MR) is 94.3 cm³/mol. The average Bonchev–Trinajstić information content (AvgIpc) is 3.02. The van der Waals surface area contributed by atoms with E-state index in [1.807, 2.05) is 13.8 Å². The molecule has 3 rings (SSSR count). The smallest absolute Gasteiger partial charge is 0.274 e. The molecule has 2 heterocycles. The standard InChI is InChI=1S/C18H18N4O3/c1-3-24-15-7-4-13(5-8-15)21-18(23)16-9-6-14(11-19-16)20-17-10-12(2)25-22-17/h4-11H,3H2,1-2H3,(H,20,22)(H,21,23). The van der Waals surface area contributed by atoms with Gasteiger partial charge >= 0.3 is 0 Å². The maximum absolute atomic E-state index is 12.2. The summed E-state index contributed by atoms with van der Waals surface area (Å²) in [5, 5.41) is 9.68. The minimum absolute atomic E-state index is 0.284. The highest BCUT2D eigenvalue weighted by Gasteiger charge is 2.08. The van der Waals surface area contributed by atoms with Gasteiger partial charge < -0.3 is 19.9 Å². The molecule has 0 atom stereocenters. The molecule has 3 aromatic rings. The van der Waals surface area contributed by atoms with Gasteiger partial charge in [0.2, 0.25) is 0 Å². The highest BCUT2D eigenvalue weighted by molar-refractivity contribution is 6.03. The van der Waals surface area contributed by atoms with Gasteiger partial charge in [-0.15, -0.1) is 0 Å². The Morgan fingerprint density at radius 3 is 2.52 bits per heavy atom. The molecule has 2 N–H and O–H groups in total. The van der Waals surface area contributed by atoms with Gasteiger partial charge in [-0.3, -0.25) is 4.79 Å². The SMILES string of the molecule is CCOc1ccc(NC(=O)c2ccc(Nc3cc(C)on3)cn2)cc1. The van der Waals surface area contributed by atoms with E-state index in [2.05, 4.69) is 20.8 Å². The van der Waals surface area contributed by atoms with Gasteiger partial charge in [-0.2, -0.15) is 0 Å². The van der Waals surface area contributed by atoms with E-state index in [1.165, 1.54) is 0 Å². The molecule has 25 heavy (non-hydrogen) atoms. The zero-order chi connectivity index (χ0) is 17.6. The summed E-state index contributed by atoms with van der Waals surface area (Å²) in [4.78, 5) is 16.4. The lowest BCUT2D eigenvalue weighted by Crippen LogP contribution is -2.13. The van der Waals surface area contributed by atoms with Crippen LogP contribution >= 0.6 is 0 Å². The summed E-state index contributed by atoms with van der Waals surface area (Å²) in [6.45, 7) is 4.33. The Kier molecular flexibility index (Phi) is 4.94. The molecule has 0 unspecified atom stereocenters. The number of pyridine rings is 1. The molecule has 0 saturated carbocycles. The van der Waals surface area contributed by atoms with Crippen LogP contribution in [0.5, 0.6) is 5.75 Å². The Morgan fingerprint density at radius 2 is 1.92 bits per heavy atom. The lowest BCUT2D eigenvalue weighted by atomic mass is 10.2. The maximum atomic E-state index is 12.2. The fourth-order valence-electron chi connectivity index (χ4n) is 2.17. The Morgan fingerprint density at radius 1 is 1.16 bits per heavy atom. The number of hydrogen-bond acceptors (Lipinski definition) is 6. The monoisotopic (exact) mass is 338 g/mol. The summed E-state index contributed by atoms with van der Waals surface area (Å²) in [6, 6.07) is 12.3. The molecule has 0 spiro atoms. The number of ether oxygens (including phenoxy) is 1. The van der Waals surface area contributed by atoms with Crippen LogP contribution in [0.2, 0.25) is 0 Å². The van der Waals surface area contributed by atoms with Crippen molar-refractivity contribution in [3.05, 3.63) is 60.1 Å². The lowest BCUT2D eigenvalue weighted by molar-refractivity contribution is 0.102. The Labute approximate surface area is 145 Å². The second-order valence-electron chi connectivity index (χ2n) is 5.29. The van der Waals surface area contributed by atoms with Crippen molar-refractivity contribution in [1.82, 2.24) is 10.1 Å². The number of rotatable bonds is 6. The number of nitrogens with one attached hydrogen (secondary N) is 2. The molecule has 0 radical (unpaired) electrons. The number of amides is 1. The number of hydrogen-bond donors (Lipinski definition) is 2. The van der Waals surface area contributed by atoms with Gasteiger partial charge in [0.15, 0.2) is 5.82 Å². The topological polar surface area (TPSA) is 89.3 Å². The number of anilines is 3. The largest absolute Gasteiger partial charge is 0.494 e. The van der Waals surface area contributed by atoms with Crippen molar-refractivity contribution in [2.75, 3.05) is 17.2 Å². The molecule has 0 saturated heterocycles. The van der Waals surface area contributed by atoms with Gasteiger partial charge in [0, 0.05) is 11.8 Å². The zero-order valence-electron chi connectivity index (χ0n) is 13.9. The van der Waals surface area contributed by atoms with E-state index in [0.29, 0.717) is 35.3 Å². The molecule has 0 fully saturated rings. The van der Waals surface area contributed by atoms with Crippen LogP contribution in [0.15, 0.2) is 53.2 Å². The first-order valence-corrected chi connectivity index (χ1v) is 7.84. The van der Waals surface area contributed by atoms with E-state index in [0.717, 1.165) is 5.75 Å². The molecular formula is C18H18N4O3. The second-order valence-corrected chi connectivity index (χ2v) is 5.29. The van der Waals surface area contributed by atoms with E-state index < -0.39 is 0 Å². The van der Waals surface area contributed by atoms with Gasteiger partial charge in [0.25, 0.3) is 5.91 Å². The number of carbonyl (C=O) groups is 1. The quantitative estimate of drug-likeness (QED) is 0.711. The van der Waals surface area contributed by atoms with E-state index >= 15 is 0 Å². The van der Waals surface area contributed by atoms with Crippen LogP contribution in [0.4, 0.5) is 17.2 Å². The van der Waals surface area contributed by atoms with Crippen LogP contribution < -0.4 is 15.4 Å². The molecule has 7 nitrogen and oxygen atoms in total. The second kappa shape index (κ2) is 7.48. The van der Waals surface area contributed by atoms with Crippen LogP contribution in [0.25, 0.3) is 0 Å². The van der Waals surface area contributed by atoms with Gasteiger partial charge in [-0.05, 0) is 50.2 Å². The molecule has 1 aromatic carbocycles. The van der Waals surface area contributed by atoms with Crippen LogP contribution in [0.1, 0.15) is 23.2 Å². The van der Waals surface area contributed by atoms with Gasteiger partial charge in [0.1, 0.15) is 17.2 Å². The molecule has 0 aliphatic heterocycles. The molecule has 0 aliphatic carbocycles. The number of benzene rings is 1. The summed E-state index contributed by atoms with van der Waals surface area (Å²) in [7, 11) is 0. The first-order chi connectivity index (χ1) is 12.1. The van der Waals surface area contributed by atoms with Crippen LogP contribution in [0.3, 0.4) is 0 Å². The molecular weight excluding hydrogens is 320 g/mol. The third-order valence-corrected chi connectivity index (χ3v) is 3.32. The van der Waals surface area contributed by atoms with Crippen molar-refractivity contribution in [2.24, 2.45) is 0 Å². The summed E-state index contributed by atoms with van der Waals surface area (Å²) in [6.07, 6.45) is 1.57. The third-order valence-electron chi connectivity index (χ3n) is 3.32.